The van der Waals surface area contributed by atoms with Gasteiger partial charge in [-0.2, -0.15) is 0 Å². The summed E-state index contributed by atoms with van der Waals surface area (Å²) in [7, 11) is 0. The molecule has 0 saturated carbocycles. The minimum absolute atomic E-state index is 0.0288. The first-order valence-electron chi connectivity index (χ1n) is 4.58. The Hall–Kier alpha value is -1.10. The van der Waals surface area contributed by atoms with Gasteiger partial charge in [-0.3, -0.25) is 4.79 Å². The highest BCUT2D eigenvalue weighted by Crippen LogP contribution is 1.97. The van der Waals surface area contributed by atoms with Crippen LogP contribution in [-0.4, -0.2) is 36.7 Å². The average Bonchev–Trinajstić information content (AvgIpc) is 2.01. The van der Waals surface area contributed by atoms with Crippen LogP contribution < -0.4 is 5.32 Å². The van der Waals surface area contributed by atoms with E-state index in [-0.39, 0.29) is 19.1 Å². The quantitative estimate of drug-likeness (QED) is 0.581. The van der Waals surface area contributed by atoms with Gasteiger partial charge in [-0.25, -0.2) is 4.79 Å². The molecular formula is C9H17NO4. The number of rotatable bonds is 7. The van der Waals surface area contributed by atoms with E-state index in [0.717, 1.165) is 0 Å². The van der Waals surface area contributed by atoms with Crippen molar-refractivity contribution in [3.05, 3.63) is 0 Å². The molecule has 0 rings (SSSR count). The first-order valence-corrected chi connectivity index (χ1v) is 4.58. The lowest BCUT2D eigenvalue weighted by Crippen LogP contribution is -2.28. The molecule has 0 atom stereocenters. The number of ether oxygens (including phenoxy) is 1. The second-order valence-corrected chi connectivity index (χ2v) is 3.39. The number of aliphatic carboxylic acids is 1. The topological polar surface area (TPSA) is 75.6 Å². The molecule has 0 unspecified atom stereocenters. The summed E-state index contributed by atoms with van der Waals surface area (Å²) in [6.07, 6.45) is 0.485. The summed E-state index contributed by atoms with van der Waals surface area (Å²) >= 11 is 0. The predicted octanol–water partition coefficient (Wildman–Crippen LogP) is 0.250. The molecule has 5 nitrogen and oxygen atoms in total. The smallest absolute Gasteiger partial charge is 0.329 e. The molecule has 0 aromatic rings. The number of nitrogens with one attached hydrogen (secondary N) is 1. The Kier molecular flexibility index (Phi) is 6.74. The van der Waals surface area contributed by atoms with Gasteiger partial charge in [0.05, 0.1) is 6.61 Å². The number of carboxylic acids is 1. The number of hydrogen-bond acceptors (Lipinski definition) is 3. The van der Waals surface area contributed by atoms with Crippen LogP contribution in [0.3, 0.4) is 0 Å². The summed E-state index contributed by atoms with van der Waals surface area (Å²) in [5, 5.41) is 10.9. The third-order valence-corrected chi connectivity index (χ3v) is 1.39. The highest BCUT2D eigenvalue weighted by molar-refractivity contribution is 5.76. The molecule has 0 aromatic carbocycles. The minimum Gasteiger partial charge on any atom is -0.480 e. The predicted molar refractivity (Wildman–Crippen MR) is 50.9 cm³/mol. The van der Waals surface area contributed by atoms with Crippen molar-refractivity contribution in [2.45, 2.75) is 20.3 Å². The Morgan fingerprint density at radius 2 is 2.07 bits per heavy atom. The third-order valence-electron chi connectivity index (χ3n) is 1.39. The monoisotopic (exact) mass is 203 g/mol. The number of amides is 1. The molecule has 5 heteroatoms. The first kappa shape index (κ1) is 12.9. The highest BCUT2D eigenvalue weighted by atomic mass is 16.5. The Labute approximate surface area is 83.4 Å². The molecule has 0 aliphatic rings. The molecule has 14 heavy (non-hydrogen) atoms. The van der Waals surface area contributed by atoms with E-state index in [0.29, 0.717) is 18.9 Å². The zero-order valence-corrected chi connectivity index (χ0v) is 8.58. The van der Waals surface area contributed by atoms with Gasteiger partial charge in [-0.05, 0) is 5.92 Å². The van der Waals surface area contributed by atoms with E-state index in [9.17, 15) is 9.59 Å². The Morgan fingerprint density at radius 3 is 2.57 bits per heavy atom. The van der Waals surface area contributed by atoms with Gasteiger partial charge in [0.15, 0.2) is 0 Å². The van der Waals surface area contributed by atoms with Crippen LogP contribution >= 0.6 is 0 Å². The molecule has 2 N–H and O–H groups in total. The normalized spacial score (nSPS) is 10.2. The second kappa shape index (κ2) is 7.32. The number of hydrogen-bond donors (Lipinski definition) is 2. The maximum absolute atomic E-state index is 11.1. The van der Waals surface area contributed by atoms with E-state index < -0.39 is 5.97 Å². The van der Waals surface area contributed by atoms with Crippen LogP contribution in [-0.2, 0) is 14.3 Å². The molecule has 0 saturated heterocycles. The maximum Gasteiger partial charge on any atom is 0.329 e. The van der Waals surface area contributed by atoms with Gasteiger partial charge in [-0.15, -0.1) is 0 Å². The summed E-state index contributed by atoms with van der Waals surface area (Å²) < 4.78 is 4.74. The van der Waals surface area contributed by atoms with Crippen molar-refractivity contribution in [1.29, 1.82) is 0 Å². The number of carbonyl (C=O) groups excluding carboxylic acids is 1. The van der Waals surface area contributed by atoms with E-state index in [1.165, 1.54) is 0 Å². The van der Waals surface area contributed by atoms with Crippen LogP contribution in [0.15, 0.2) is 0 Å². The fourth-order valence-electron chi connectivity index (χ4n) is 0.865. The fraction of sp³-hybridized carbons (Fsp3) is 0.778. The van der Waals surface area contributed by atoms with Crippen molar-refractivity contribution in [3.8, 4) is 0 Å². The van der Waals surface area contributed by atoms with Crippen LogP contribution in [0.25, 0.3) is 0 Å². The lowest BCUT2D eigenvalue weighted by atomic mass is 10.1. The van der Waals surface area contributed by atoms with Crippen molar-refractivity contribution in [2.75, 3.05) is 19.8 Å². The standard InChI is InChI=1S/C9H17NO4/c1-7(2)5-8(11)10-3-4-14-6-9(12)13/h7H,3-6H2,1-2H3,(H,10,11)(H,12,13). The SMILES string of the molecule is CC(C)CC(=O)NCCOCC(=O)O. The number of carboxylic acid groups (broad SMARTS) is 1. The van der Waals surface area contributed by atoms with Crippen molar-refractivity contribution < 1.29 is 19.4 Å². The van der Waals surface area contributed by atoms with E-state index >= 15 is 0 Å². The summed E-state index contributed by atoms with van der Waals surface area (Å²) in [6, 6.07) is 0. The van der Waals surface area contributed by atoms with Gasteiger partial charge >= 0.3 is 5.97 Å². The molecule has 82 valence electrons. The van der Waals surface area contributed by atoms with Crippen LogP contribution in [0, 0.1) is 5.92 Å². The van der Waals surface area contributed by atoms with Crippen LogP contribution in [0.1, 0.15) is 20.3 Å². The molecule has 0 aromatic heterocycles. The molecule has 1 amide bonds. The molecule has 0 aliphatic heterocycles. The van der Waals surface area contributed by atoms with Gasteiger partial charge in [0.2, 0.25) is 5.91 Å². The Balaban J connectivity index is 3.27. The van der Waals surface area contributed by atoms with Crippen LogP contribution in [0.2, 0.25) is 0 Å². The van der Waals surface area contributed by atoms with Crippen molar-refractivity contribution in [3.63, 3.8) is 0 Å². The molecular weight excluding hydrogens is 186 g/mol. The summed E-state index contributed by atoms with van der Waals surface area (Å²) in [5.74, 6) is -0.702. The third kappa shape index (κ3) is 8.99. The van der Waals surface area contributed by atoms with Gasteiger partial charge in [-0.1, -0.05) is 13.8 Å². The van der Waals surface area contributed by atoms with Crippen molar-refractivity contribution in [2.24, 2.45) is 5.92 Å². The summed E-state index contributed by atoms with van der Waals surface area (Å²) in [5.41, 5.74) is 0. The molecule has 0 spiro atoms. The lowest BCUT2D eigenvalue weighted by Gasteiger charge is -2.06. The van der Waals surface area contributed by atoms with Crippen molar-refractivity contribution in [1.82, 2.24) is 5.32 Å². The first-order chi connectivity index (χ1) is 6.52. The molecule has 0 aliphatic carbocycles. The second-order valence-electron chi connectivity index (χ2n) is 3.39. The van der Waals surface area contributed by atoms with Gasteiger partial charge < -0.3 is 15.2 Å². The minimum atomic E-state index is -1.00. The lowest BCUT2D eigenvalue weighted by molar-refractivity contribution is -0.142. The number of carbonyl (C=O) groups is 2. The van der Waals surface area contributed by atoms with Gasteiger partial charge in [0.25, 0.3) is 0 Å². The largest absolute Gasteiger partial charge is 0.480 e. The van der Waals surface area contributed by atoms with Gasteiger partial charge in [0.1, 0.15) is 6.61 Å². The maximum atomic E-state index is 11.1. The molecule has 0 fully saturated rings. The molecule has 0 bridgehead atoms. The van der Waals surface area contributed by atoms with Crippen molar-refractivity contribution >= 4 is 11.9 Å². The van der Waals surface area contributed by atoms with E-state index in [2.05, 4.69) is 5.32 Å². The summed E-state index contributed by atoms with van der Waals surface area (Å²) in [4.78, 5) is 21.1. The van der Waals surface area contributed by atoms with E-state index in [1.54, 1.807) is 0 Å². The molecule has 0 heterocycles. The Bertz CT molecular complexity index is 191. The summed E-state index contributed by atoms with van der Waals surface area (Å²) in [6.45, 7) is 4.19. The fourth-order valence-corrected chi connectivity index (χ4v) is 0.865. The highest BCUT2D eigenvalue weighted by Gasteiger charge is 2.03. The zero-order chi connectivity index (χ0) is 11.0. The van der Waals surface area contributed by atoms with Crippen LogP contribution in [0.5, 0.6) is 0 Å². The van der Waals surface area contributed by atoms with E-state index in [1.807, 2.05) is 13.8 Å². The van der Waals surface area contributed by atoms with Gasteiger partial charge in [0, 0.05) is 13.0 Å². The van der Waals surface area contributed by atoms with E-state index in [4.69, 9.17) is 9.84 Å². The van der Waals surface area contributed by atoms with Crippen LogP contribution in [0.4, 0.5) is 0 Å². The zero-order valence-electron chi connectivity index (χ0n) is 8.58. The molecule has 0 radical (unpaired) electrons. The average molecular weight is 203 g/mol. The Morgan fingerprint density at radius 1 is 1.43 bits per heavy atom.